The fourth-order valence-corrected chi connectivity index (χ4v) is 4.00. The highest BCUT2D eigenvalue weighted by Crippen LogP contribution is 2.27. The molecule has 1 unspecified atom stereocenters. The van der Waals surface area contributed by atoms with E-state index in [1.165, 1.54) is 29.8 Å². The van der Waals surface area contributed by atoms with E-state index in [-0.39, 0.29) is 6.10 Å². The molecule has 1 saturated carbocycles. The zero-order valence-electron chi connectivity index (χ0n) is 11.8. The van der Waals surface area contributed by atoms with Crippen molar-refractivity contribution < 1.29 is 13.5 Å². The SMILES string of the molecule is CS(=O)(=O)N1CCN(CC(O)C2CCCCC2)CC1. The smallest absolute Gasteiger partial charge is 0.211 e. The predicted octanol–water partition coefficient (Wildman–Crippen LogP) is 0.505. The molecule has 0 amide bonds. The van der Waals surface area contributed by atoms with Crippen LogP contribution in [-0.2, 0) is 10.0 Å². The molecule has 1 aliphatic carbocycles. The van der Waals surface area contributed by atoms with E-state index in [0.29, 0.717) is 25.6 Å². The van der Waals surface area contributed by atoms with Gasteiger partial charge in [0.1, 0.15) is 0 Å². The van der Waals surface area contributed by atoms with Crippen LogP contribution in [0.2, 0.25) is 0 Å². The van der Waals surface area contributed by atoms with Crippen molar-refractivity contribution in [3.8, 4) is 0 Å². The molecule has 2 fully saturated rings. The van der Waals surface area contributed by atoms with Gasteiger partial charge in [-0.2, -0.15) is 4.31 Å². The molecule has 0 aromatic heterocycles. The van der Waals surface area contributed by atoms with Crippen molar-refractivity contribution in [1.82, 2.24) is 9.21 Å². The third-order valence-corrected chi connectivity index (χ3v) is 5.74. The summed E-state index contributed by atoms with van der Waals surface area (Å²) >= 11 is 0. The normalized spacial score (nSPS) is 26.4. The first-order valence-corrected chi connectivity index (χ1v) is 9.17. The lowest BCUT2D eigenvalue weighted by Gasteiger charge is -2.36. The van der Waals surface area contributed by atoms with Crippen molar-refractivity contribution in [1.29, 1.82) is 0 Å². The average Bonchev–Trinajstić information content (AvgIpc) is 2.39. The minimum Gasteiger partial charge on any atom is -0.392 e. The molecule has 0 aromatic rings. The maximum atomic E-state index is 11.4. The molecule has 0 spiro atoms. The standard InChI is InChI=1S/C13H26N2O3S/c1-19(17,18)15-9-7-14(8-10-15)11-13(16)12-5-3-2-4-6-12/h12-13,16H,2-11H2,1H3. The van der Waals surface area contributed by atoms with Gasteiger partial charge in [0.05, 0.1) is 12.4 Å². The molecule has 1 saturated heterocycles. The predicted molar refractivity (Wildman–Crippen MR) is 75.4 cm³/mol. The van der Waals surface area contributed by atoms with Crippen LogP contribution in [0.25, 0.3) is 0 Å². The third kappa shape index (κ3) is 4.41. The molecule has 112 valence electrons. The molecule has 1 heterocycles. The first-order chi connectivity index (χ1) is 8.97. The van der Waals surface area contributed by atoms with Crippen LogP contribution in [0.3, 0.4) is 0 Å². The van der Waals surface area contributed by atoms with Crippen molar-refractivity contribution in [2.24, 2.45) is 5.92 Å². The number of β-amino-alcohol motifs (C(OH)–C–C–N with tert-alkyl or cyclic N) is 1. The van der Waals surface area contributed by atoms with E-state index < -0.39 is 10.0 Å². The van der Waals surface area contributed by atoms with Crippen LogP contribution >= 0.6 is 0 Å². The molecule has 5 nitrogen and oxygen atoms in total. The van der Waals surface area contributed by atoms with Gasteiger partial charge in [0.25, 0.3) is 0 Å². The van der Waals surface area contributed by atoms with Gasteiger partial charge >= 0.3 is 0 Å². The molecule has 1 N–H and O–H groups in total. The van der Waals surface area contributed by atoms with Gasteiger partial charge in [-0.1, -0.05) is 19.3 Å². The van der Waals surface area contributed by atoms with E-state index in [0.717, 1.165) is 25.9 Å². The molecule has 0 radical (unpaired) electrons. The molecule has 19 heavy (non-hydrogen) atoms. The van der Waals surface area contributed by atoms with Gasteiger partial charge in [0.15, 0.2) is 0 Å². The zero-order chi connectivity index (χ0) is 13.9. The first kappa shape index (κ1) is 15.2. The lowest BCUT2D eigenvalue weighted by Crippen LogP contribution is -2.50. The van der Waals surface area contributed by atoms with Gasteiger partial charge in [-0.15, -0.1) is 0 Å². The van der Waals surface area contributed by atoms with Crippen LogP contribution in [0.4, 0.5) is 0 Å². The van der Waals surface area contributed by atoms with Crippen molar-refractivity contribution in [3.63, 3.8) is 0 Å². The van der Waals surface area contributed by atoms with Crippen molar-refractivity contribution in [2.45, 2.75) is 38.2 Å². The van der Waals surface area contributed by atoms with E-state index in [4.69, 9.17) is 0 Å². The fourth-order valence-electron chi connectivity index (χ4n) is 3.18. The summed E-state index contributed by atoms with van der Waals surface area (Å²) in [5.41, 5.74) is 0. The average molecular weight is 290 g/mol. The highest BCUT2D eigenvalue weighted by molar-refractivity contribution is 7.88. The first-order valence-electron chi connectivity index (χ1n) is 7.32. The fraction of sp³-hybridized carbons (Fsp3) is 1.00. The topological polar surface area (TPSA) is 60.9 Å². The third-order valence-electron chi connectivity index (χ3n) is 4.44. The van der Waals surface area contributed by atoms with Crippen LogP contribution in [0.5, 0.6) is 0 Å². The molecule has 0 bridgehead atoms. The maximum absolute atomic E-state index is 11.4. The molecule has 1 aliphatic heterocycles. The minimum absolute atomic E-state index is 0.245. The Balaban J connectivity index is 1.75. The summed E-state index contributed by atoms with van der Waals surface area (Å²) in [6.07, 6.45) is 7.09. The van der Waals surface area contributed by atoms with E-state index in [1.807, 2.05) is 0 Å². The highest BCUT2D eigenvalue weighted by atomic mass is 32.2. The molecular formula is C13H26N2O3S. The highest BCUT2D eigenvalue weighted by Gasteiger charge is 2.27. The van der Waals surface area contributed by atoms with Crippen LogP contribution in [0.15, 0.2) is 0 Å². The summed E-state index contributed by atoms with van der Waals surface area (Å²) in [5.74, 6) is 0.446. The van der Waals surface area contributed by atoms with Crippen LogP contribution < -0.4 is 0 Å². The Morgan fingerprint density at radius 3 is 2.21 bits per heavy atom. The Kier molecular flexibility index (Phi) is 5.22. The number of rotatable bonds is 4. The second-order valence-electron chi connectivity index (χ2n) is 5.93. The van der Waals surface area contributed by atoms with Gasteiger partial charge < -0.3 is 5.11 Å². The van der Waals surface area contributed by atoms with Gasteiger partial charge in [0.2, 0.25) is 10.0 Å². The minimum atomic E-state index is -3.05. The quantitative estimate of drug-likeness (QED) is 0.819. The van der Waals surface area contributed by atoms with Crippen LogP contribution in [0.1, 0.15) is 32.1 Å². The van der Waals surface area contributed by atoms with Gasteiger partial charge in [-0.25, -0.2) is 8.42 Å². The summed E-state index contributed by atoms with van der Waals surface area (Å²) in [4.78, 5) is 2.20. The molecule has 2 aliphatic rings. The van der Waals surface area contributed by atoms with Gasteiger partial charge in [-0.05, 0) is 18.8 Å². The Hall–Kier alpha value is -0.170. The van der Waals surface area contributed by atoms with Crippen LogP contribution in [0, 0.1) is 5.92 Å². The van der Waals surface area contributed by atoms with E-state index in [9.17, 15) is 13.5 Å². The van der Waals surface area contributed by atoms with Gasteiger partial charge in [0, 0.05) is 32.7 Å². The summed E-state index contributed by atoms with van der Waals surface area (Å²) < 4.78 is 24.4. The number of hydrogen-bond acceptors (Lipinski definition) is 4. The summed E-state index contributed by atoms with van der Waals surface area (Å²) in [6.45, 7) is 3.27. The number of piperazine rings is 1. The summed E-state index contributed by atoms with van der Waals surface area (Å²) in [5, 5.41) is 10.3. The summed E-state index contributed by atoms with van der Waals surface area (Å²) in [6, 6.07) is 0. The lowest BCUT2D eigenvalue weighted by atomic mass is 9.85. The molecular weight excluding hydrogens is 264 g/mol. The Bertz CT molecular complexity index is 371. The number of sulfonamides is 1. The molecule has 2 rings (SSSR count). The molecule has 6 heteroatoms. The number of hydrogen-bond donors (Lipinski definition) is 1. The zero-order valence-corrected chi connectivity index (χ0v) is 12.6. The lowest BCUT2D eigenvalue weighted by molar-refractivity contribution is 0.0381. The van der Waals surface area contributed by atoms with E-state index >= 15 is 0 Å². The van der Waals surface area contributed by atoms with Crippen molar-refractivity contribution in [3.05, 3.63) is 0 Å². The van der Waals surface area contributed by atoms with Gasteiger partial charge in [-0.3, -0.25) is 4.90 Å². The Morgan fingerprint density at radius 1 is 1.11 bits per heavy atom. The Morgan fingerprint density at radius 2 is 1.68 bits per heavy atom. The second-order valence-corrected chi connectivity index (χ2v) is 7.91. The van der Waals surface area contributed by atoms with Crippen molar-refractivity contribution >= 4 is 10.0 Å². The maximum Gasteiger partial charge on any atom is 0.211 e. The van der Waals surface area contributed by atoms with E-state index in [2.05, 4.69) is 4.90 Å². The number of nitrogens with zero attached hydrogens (tertiary/aromatic N) is 2. The van der Waals surface area contributed by atoms with E-state index in [1.54, 1.807) is 0 Å². The number of aliphatic hydroxyl groups excluding tert-OH is 1. The second kappa shape index (κ2) is 6.52. The van der Waals surface area contributed by atoms with Crippen molar-refractivity contribution in [2.75, 3.05) is 39.0 Å². The Labute approximate surface area is 116 Å². The van der Waals surface area contributed by atoms with Crippen LogP contribution in [-0.4, -0.2) is 67.8 Å². The largest absolute Gasteiger partial charge is 0.392 e. The molecule has 1 atom stereocenters. The molecule has 0 aromatic carbocycles. The summed E-state index contributed by atoms with van der Waals surface area (Å²) in [7, 11) is -3.05. The monoisotopic (exact) mass is 290 g/mol. The number of aliphatic hydroxyl groups is 1.